The van der Waals surface area contributed by atoms with E-state index in [1.807, 2.05) is 43.3 Å². The van der Waals surface area contributed by atoms with Crippen molar-refractivity contribution in [1.82, 2.24) is 9.55 Å². The quantitative estimate of drug-likeness (QED) is 0.733. The molecule has 1 N–H and O–H groups in total. The molecule has 0 aliphatic heterocycles. The number of benzene rings is 1. The maximum Gasteiger partial charge on any atom is 0.263 e. The lowest BCUT2D eigenvalue weighted by Gasteiger charge is -2.06. The fraction of sp³-hybridized carbons (Fsp3) is 0.143. The largest absolute Gasteiger partial charge is 0.323 e. The Morgan fingerprint density at radius 2 is 2.05 bits per heavy atom. The molecule has 0 fully saturated rings. The van der Waals surface area contributed by atoms with Gasteiger partial charge < -0.3 is 4.98 Å². The van der Waals surface area contributed by atoms with Crippen molar-refractivity contribution in [2.45, 2.75) is 13.5 Å². The standard InChI is InChI=1S/C14H12N2OS2/c1-9-7-11-12(19-9)15-14(18)16(13(11)17)8-10-5-3-2-4-6-10/h2-7H,8H2,1H3,(H,15,18). The van der Waals surface area contributed by atoms with Gasteiger partial charge in [-0.05, 0) is 30.8 Å². The summed E-state index contributed by atoms with van der Waals surface area (Å²) in [6.45, 7) is 2.49. The number of thiophene rings is 1. The molecule has 19 heavy (non-hydrogen) atoms. The molecule has 2 aromatic heterocycles. The molecule has 0 aliphatic rings. The third kappa shape index (κ3) is 2.27. The van der Waals surface area contributed by atoms with Gasteiger partial charge in [0, 0.05) is 4.88 Å². The van der Waals surface area contributed by atoms with E-state index < -0.39 is 0 Å². The molecule has 0 aliphatic carbocycles. The molecule has 0 unspecified atom stereocenters. The van der Waals surface area contributed by atoms with Crippen molar-refractivity contribution in [3.63, 3.8) is 0 Å². The Morgan fingerprint density at radius 1 is 1.32 bits per heavy atom. The third-order valence-corrected chi connectivity index (χ3v) is 4.27. The molecule has 0 bridgehead atoms. The summed E-state index contributed by atoms with van der Waals surface area (Å²) in [6, 6.07) is 11.8. The Labute approximate surface area is 119 Å². The van der Waals surface area contributed by atoms with Gasteiger partial charge in [0.05, 0.1) is 11.9 Å². The van der Waals surface area contributed by atoms with Crippen LogP contribution in [0.5, 0.6) is 0 Å². The van der Waals surface area contributed by atoms with E-state index in [0.717, 1.165) is 15.3 Å². The van der Waals surface area contributed by atoms with Gasteiger partial charge in [-0.25, -0.2) is 0 Å². The Balaban J connectivity index is 2.19. The minimum absolute atomic E-state index is 0.0213. The monoisotopic (exact) mass is 288 g/mol. The second kappa shape index (κ2) is 4.75. The Kier molecular flexibility index (Phi) is 3.08. The predicted molar refractivity (Wildman–Crippen MR) is 81.6 cm³/mol. The average Bonchev–Trinajstić information content (AvgIpc) is 2.76. The number of nitrogens with zero attached hydrogens (tertiary/aromatic N) is 1. The number of aryl methyl sites for hydroxylation is 1. The van der Waals surface area contributed by atoms with E-state index in [0.29, 0.717) is 16.7 Å². The SMILES string of the molecule is Cc1cc2c(=O)n(Cc3ccccc3)c(=S)[nH]c2s1. The minimum atomic E-state index is -0.0213. The molecule has 3 nitrogen and oxygen atoms in total. The first-order valence-corrected chi connectivity index (χ1v) is 7.15. The number of hydrogen-bond acceptors (Lipinski definition) is 3. The second-order valence-electron chi connectivity index (χ2n) is 4.41. The van der Waals surface area contributed by atoms with E-state index in [1.165, 1.54) is 0 Å². The van der Waals surface area contributed by atoms with Gasteiger partial charge in [-0.3, -0.25) is 9.36 Å². The number of H-pyrrole nitrogens is 1. The van der Waals surface area contributed by atoms with Gasteiger partial charge >= 0.3 is 0 Å². The van der Waals surface area contributed by atoms with E-state index in [-0.39, 0.29) is 5.56 Å². The minimum Gasteiger partial charge on any atom is -0.323 e. The molecule has 0 amide bonds. The molecule has 96 valence electrons. The average molecular weight is 288 g/mol. The predicted octanol–water partition coefficient (Wildman–Crippen LogP) is 3.48. The van der Waals surface area contributed by atoms with Crippen LogP contribution in [0.1, 0.15) is 10.4 Å². The zero-order chi connectivity index (χ0) is 13.4. The number of fused-ring (bicyclic) bond motifs is 1. The van der Waals surface area contributed by atoms with Crippen LogP contribution in [0.3, 0.4) is 0 Å². The number of nitrogens with one attached hydrogen (secondary N) is 1. The van der Waals surface area contributed by atoms with Crippen molar-refractivity contribution in [1.29, 1.82) is 0 Å². The number of aromatic nitrogens is 2. The van der Waals surface area contributed by atoms with E-state index in [1.54, 1.807) is 15.9 Å². The lowest BCUT2D eigenvalue weighted by molar-refractivity contribution is 0.735. The molecular formula is C14H12N2OS2. The summed E-state index contributed by atoms with van der Waals surface area (Å²) in [5.74, 6) is 0. The Bertz CT molecular complexity index is 843. The molecule has 0 radical (unpaired) electrons. The maximum atomic E-state index is 12.4. The van der Waals surface area contributed by atoms with Gasteiger partial charge in [0.1, 0.15) is 4.83 Å². The maximum absolute atomic E-state index is 12.4. The molecule has 0 saturated carbocycles. The summed E-state index contributed by atoms with van der Waals surface area (Å²) in [5, 5.41) is 0.715. The molecule has 2 heterocycles. The van der Waals surface area contributed by atoms with Gasteiger partial charge in [0.2, 0.25) is 0 Å². The van der Waals surface area contributed by atoms with E-state index in [9.17, 15) is 4.79 Å². The zero-order valence-electron chi connectivity index (χ0n) is 10.3. The number of rotatable bonds is 2. The Hall–Kier alpha value is -1.72. The first-order valence-electron chi connectivity index (χ1n) is 5.92. The van der Waals surface area contributed by atoms with Crippen molar-refractivity contribution < 1.29 is 0 Å². The first kappa shape index (κ1) is 12.3. The van der Waals surface area contributed by atoms with E-state index in [4.69, 9.17) is 12.2 Å². The molecule has 5 heteroatoms. The van der Waals surface area contributed by atoms with Gasteiger partial charge in [-0.1, -0.05) is 30.3 Å². The Morgan fingerprint density at radius 3 is 2.79 bits per heavy atom. The van der Waals surface area contributed by atoms with Gasteiger partial charge in [0.25, 0.3) is 5.56 Å². The van der Waals surface area contributed by atoms with Crippen LogP contribution in [0, 0.1) is 11.7 Å². The smallest absolute Gasteiger partial charge is 0.263 e. The summed E-state index contributed by atoms with van der Waals surface area (Å²) in [6.07, 6.45) is 0. The van der Waals surface area contributed by atoms with Gasteiger partial charge in [0.15, 0.2) is 4.77 Å². The van der Waals surface area contributed by atoms with Crippen LogP contribution in [0.25, 0.3) is 10.2 Å². The zero-order valence-corrected chi connectivity index (χ0v) is 12.0. The summed E-state index contributed by atoms with van der Waals surface area (Å²) in [7, 11) is 0. The molecule has 0 saturated heterocycles. The summed E-state index contributed by atoms with van der Waals surface area (Å²) in [4.78, 5) is 17.6. The van der Waals surface area contributed by atoms with Crippen LogP contribution < -0.4 is 5.56 Å². The van der Waals surface area contributed by atoms with E-state index >= 15 is 0 Å². The van der Waals surface area contributed by atoms with E-state index in [2.05, 4.69) is 4.98 Å². The summed E-state index contributed by atoms with van der Waals surface area (Å²) >= 11 is 6.85. The third-order valence-electron chi connectivity index (χ3n) is 2.98. The van der Waals surface area contributed by atoms with Crippen molar-refractivity contribution in [2.75, 3.05) is 0 Å². The highest BCUT2D eigenvalue weighted by Gasteiger charge is 2.08. The van der Waals surface area contributed by atoms with Crippen LogP contribution in [-0.4, -0.2) is 9.55 Å². The molecule has 0 atom stereocenters. The molecule has 1 aromatic carbocycles. The van der Waals surface area contributed by atoms with Gasteiger partial charge in [-0.2, -0.15) is 0 Å². The number of aromatic amines is 1. The van der Waals surface area contributed by atoms with Gasteiger partial charge in [-0.15, -0.1) is 11.3 Å². The molecular weight excluding hydrogens is 276 g/mol. The fourth-order valence-corrected chi connectivity index (χ4v) is 3.29. The van der Waals surface area contributed by atoms with Crippen molar-refractivity contribution in [3.05, 3.63) is 62.0 Å². The van der Waals surface area contributed by atoms with Crippen LogP contribution >= 0.6 is 23.6 Å². The van der Waals surface area contributed by atoms with Crippen molar-refractivity contribution in [3.8, 4) is 0 Å². The molecule has 3 rings (SSSR count). The topological polar surface area (TPSA) is 37.8 Å². The molecule has 0 spiro atoms. The highest BCUT2D eigenvalue weighted by Crippen LogP contribution is 2.20. The lowest BCUT2D eigenvalue weighted by atomic mass is 10.2. The summed E-state index contributed by atoms with van der Waals surface area (Å²) in [5.41, 5.74) is 1.04. The fourth-order valence-electron chi connectivity index (χ4n) is 2.08. The van der Waals surface area contributed by atoms with Crippen LogP contribution in [0.2, 0.25) is 0 Å². The highest BCUT2D eigenvalue weighted by molar-refractivity contribution is 7.71. The number of hydrogen-bond donors (Lipinski definition) is 1. The summed E-state index contributed by atoms with van der Waals surface area (Å²) < 4.78 is 2.09. The normalized spacial score (nSPS) is 11.0. The first-order chi connectivity index (χ1) is 9.15. The van der Waals surface area contributed by atoms with Crippen LogP contribution in [0.15, 0.2) is 41.2 Å². The second-order valence-corrected chi connectivity index (χ2v) is 6.05. The lowest BCUT2D eigenvalue weighted by Crippen LogP contribution is -2.22. The van der Waals surface area contributed by atoms with Crippen LogP contribution in [-0.2, 0) is 6.54 Å². The van der Waals surface area contributed by atoms with Crippen molar-refractivity contribution in [2.24, 2.45) is 0 Å². The molecule has 3 aromatic rings. The van der Waals surface area contributed by atoms with Crippen molar-refractivity contribution >= 4 is 33.8 Å². The van der Waals surface area contributed by atoms with Crippen LogP contribution in [0.4, 0.5) is 0 Å². The highest BCUT2D eigenvalue weighted by atomic mass is 32.1.